The Morgan fingerprint density at radius 1 is 1.23 bits per heavy atom. The van der Waals surface area contributed by atoms with Crippen LogP contribution in [-0.4, -0.2) is 29.9 Å². The fraction of sp³-hybridized carbons (Fsp3) is 0.188. The van der Waals surface area contributed by atoms with E-state index in [-0.39, 0.29) is 24.2 Å². The molecule has 0 saturated carbocycles. The first-order valence-electron chi connectivity index (χ1n) is 6.80. The van der Waals surface area contributed by atoms with E-state index in [9.17, 15) is 14.0 Å². The summed E-state index contributed by atoms with van der Waals surface area (Å²) in [4.78, 5) is 28.9. The van der Waals surface area contributed by atoms with Crippen LogP contribution < -0.4 is 10.2 Å². The van der Waals surface area contributed by atoms with E-state index in [4.69, 9.17) is 0 Å². The van der Waals surface area contributed by atoms with Gasteiger partial charge in [-0.2, -0.15) is 0 Å². The van der Waals surface area contributed by atoms with Gasteiger partial charge in [-0.1, -0.05) is 0 Å². The van der Waals surface area contributed by atoms with Gasteiger partial charge in [-0.15, -0.1) is 0 Å². The van der Waals surface area contributed by atoms with Crippen molar-refractivity contribution >= 4 is 17.5 Å². The molecule has 0 atom stereocenters. The lowest BCUT2D eigenvalue weighted by molar-refractivity contribution is -0.116. The van der Waals surface area contributed by atoms with Crippen molar-refractivity contribution in [2.24, 2.45) is 0 Å². The Hall–Kier alpha value is -2.76. The number of amides is 2. The number of hydrogen-bond acceptors (Lipinski definition) is 3. The predicted octanol–water partition coefficient (Wildman–Crippen LogP) is 2.00. The summed E-state index contributed by atoms with van der Waals surface area (Å²) in [6.07, 6.45) is 3.06. The summed E-state index contributed by atoms with van der Waals surface area (Å²) in [6.45, 7) is 2.00. The summed E-state index contributed by atoms with van der Waals surface area (Å²) in [6, 6.07) is 8.97. The fourth-order valence-corrected chi connectivity index (χ4v) is 1.97. The Bertz CT molecular complexity index is 644. The Kier molecular flexibility index (Phi) is 5.19. The van der Waals surface area contributed by atoms with E-state index < -0.39 is 0 Å². The van der Waals surface area contributed by atoms with Crippen molar-refractivity contribution in [2.45, 2.75) is 6.92 Å². The maximum absolute atomic E-state index is 12.9. The highest BCUT2D eigenvalue weighted by molar-refractivity contribution is 5.94. The van der Waals surface area contributed by atoms with Gasteiger partial charge in [0.15, 0.2) is 0 Å². The lowest BCUT2D eigenvalue weighted by Crippen LogP contribution is -2.37. The first-order chi connectivity index (χ1) is 10.6. The molecule has 2 aromatic rings. The minimum absolute atomic E-state index is 0.178. The molecule has 1 N–H and O–H groups in total. The number of anilines is 1. The summed E-state index contributed by atoms with van der Waals surface area (Å²) in [5.74, 6) is -0.796. The minimum Gasteiger partial charge on any atom is -0.350 e. The molecule has 0 bridgehead atoms. The van der Waals surface area contributed by atoms with E-state index in [0.29, 0.717) is 17.8 Å². The van der Waals surface area contributed by atoms with Gasteiger partial charge >= 0.3 is 0 Å². The van der Waals surface area contributed by atoms with Crippen LogP contribution in [-0.2, 0) is 4.79 Å². The third-order valence-electron chi connectivity index (χ3n) is 3.06. The van der Waals surface area contributed by atoms with Crippen molar-refractivity contribution in [3.05, 3.63) is 60.2 Å². The minimum atomic E-state index is -0.364. The van der Waals surface area contributed by atoms with Crippen molar-refractivity contribution in [1.82, 2.24) is 10.3 Å². The number of nitrogens with one attached hydrogen (secondary N) is 1. The van der Waals surface area contributed by atoms with Crippen LogP contribution >= 0.6 is 0 Å². The van der Waals surface area contributed by atoms with Gasteiger partial charge in [-0.05, 0) is 36.4 Å². The normalized spacial score (nSPS) is 10.1. The summed E-state index contributed by atoms with van der Waals surface area (Å²) in [5, 5.41) is 2.72. The van der Waals surface area contributed by atoms with Crippen molar-refractivity contribution in [1.29, 1.82) is 0 Å². The number of carbonyl (C=O) groups excluding carboxylic acids is 2. The zero-order valence-electron chi connectivity index (χ0n) is 12.1. The van der Waals surface area contributed by atoms with Gasteiger partial charge in [0.1, 0.15) is 5.82 Å². The van der Waals surface area contributed by atoms with Crippen LogP contribution in [0, 0.1) is 5.82 Å². The highest BCUT2D eigenvalue weighted by Crippen LogP contribution is 2.14. The molecule has 0 saturated heterocycles. The average molecular weight is 301 g/mol. The molecule has 1 aromatic heterocycles. The van der Waals surface area contributed by atoms with Gasteiger partial charge in [0.2, 0.25) is 5.91 Å². The third-order valence-corrected chi connectivity index (χ3v) is 3.06. The van der Waals surface area contributed by atoms with Gasteiger partial charge in [-0.3, -0.25) is 14.6 Å². The van der Waals surface area contributed by atoms with Crippen molar-refractivity contribution in [3.8, 4) is 0 Å². The molecule has 0 fully saturated rings. The number of halogens is 1. The molecule has 6 heteroatoms. The lowest BCUT2D eigenvalue weighted by Gasteiger charge is -2.21. The molecular formula is C16H16FN3O2. The van der Waals surface area contributed by atoms with Crippen LogP contribution in [0.2, 0.25) is 0 Å². The maximum Gasteiger partial charge on any atom is 0.252 e. The van der Waals surface area contributed by atoms with E-state index in [1.807, 2.05) is 0 Å². The predicted molar refractivity (Wildman–Crippen MR) is 81.0 cm³/mol. The first-order valence-corrected chi connectivity index (χ1v) is 6.80. The van der Waals surface area contributed by atoms with E-state index in [1.165, 1.54) is 42.3 Å². The summed E-state index contributed by atoms with van der Waals surface area (Å²) in [5.41, 5.74) is 1.04. The maximum atomic E-state index is 12.9. The Labute approximate surface area is 127 Å². The highest BCUT2D eigenvalue weighted by atomic mass is 19.1. The molecule has 114 valence electrons. The third kappa shape index (κ3) is 4.12. The Morgan fingerprint density at radius 2 is 1.95 bits per heavy atom. The Morgan fingerprint density at radius 3 is 2.55 bits per heavy atom. The molecule has 0 aliphatic carbocycles. The smallest absolute Gasteiger partial charge is 0.252 e. The van der Waals surface area contributed by atoms with Crippen LogP contribution in [0.1, 0.15) is 17.3 Å². The van der Waals surface area contributed by atoms with Crippen LogP contribution in [0.15, 0.2) is 48.8 Å². The molecular weight excluding hydrogens is 285 g/mol. The van der Waals surface area contributed by atoms with Crippen LogP contribution in [0.25, 0.3) is 0 Å². The molecule has 22 heavy (non-hydrogen) atoms. The standard InChI is InChI=1S/C16H16FN3O2/c1-12(21)20(15-6-4-14(17)5-7-15)10-9-19-16(22)13-3-2-8-18-11-13/h2-8,11H,9-10H2,1H3,(H,19,22). The Balaban J connectivity index is 1.94. The second kappa shape index (κ2) is 7.31. The van der Waals surface area contributed by atoms with Gasteiger partial charge < -0.3 is 10.2 Å². The molecule has 0 aliphatic rings. The van der Waals surface area contributed by atoms with E-state index >= 15 is 0 Å². The summed E-state index contributed by atoms with van der Waals surface area (Å²) >= 11 is 0. The molecule has 2 amide bonds. The second-order valence-electron chi connectivity index (χ2n) is 4.64. The van der Waals surface area contributed by atoms with Crippen molar-refractivity contribution in [2.75, 3.05) is 18.0 Å². The second-order valence-corrected chi connectivity index (χ2v) is 4.64. The number of nitrogens with zero attached hydrogens (tertiary/aromatic N) is 2. The molecule has 0 radical (unpaired) electrons. The SMILES string of the molecule is CC(=O)N(CCNC(=O)c1cccnc1)c1ccc(F)cc1. The fourth-order valence-electron chi connectivity index (χ4n) is 1.97. The summed E-state index contributed by atoms with van der Waals surface area (Å²) in [7, 11) is 0. The van der Waals surface area contributed by atoms with E-state index in [1.54, 1.807) is 18.3 Å². The number of rotatable bonds is 5. The van der Waals surface area contributed by atoms with Gasteiger partial charge in [0.05, 0.1) is 5.56 Å². The number of pyridine rings is 1. The number of benzene rings is 1. The molecule has 5 nitrogen and oxygen atoms in total. The number of hydrogen-bond donors (Lipinski definition) is 1. The quantitative estimate of drug-likeness (QED) is 0.919. The molecule has 0 unspecified atom stereocenters. The van der Waals surface area contributed by atoms with Crippen molar-refractivity contribution in [3.63, 3.8) is 0 Å². The number of aromatic nitrogens is 1. The topological polar surface area (TPSA) is 62.3 Å². The van der Waals surface area contributed by atoms with Crippen LogP contribution in [0.3, 0.4) is 0 Å². The molecule has 0 aliphatic heterocycles. The van der Waals surface area contributed by atoms with Gasteiger partial charge in [-0.25, -0.2) is 4.39 Å². The zero-order valence-corrected chi connectivity index (χ0v) is 12.1. The van der Waals surface area contributed by atoms with E-state index in [2.05, 4.69) is 10.3 Å². The monoisotopic (exact) mass is 301 g/mol. The largest absolute Gasteiger partial charge is 0.350 e. The van der Waals surface area contributed by atoms with Crippen LogP contribution in [0.5, 0.6) is 0 Å². The zero-order chi connectivity index (χ0) is 15.9. The molecule has 0 spiro atoms. The molecule has 1 aromatic carbocycles. The first kappa shape index (κ1) is 15.6. The van der Waals surface area contributed by atoms with Gasteiger partial charge in [0.25, 0.3) is 5.91 Å². The molecule has 2 rings (SSSR count). The highest BCUT2D eigenvalue weighted by Gasteiger charge is 2.12. The number of carbonyl (C=O) groups is 2. The van der Waals surface area contributed by atoms with E-state index in [0.717, 1.165) is 0 Å². The average Bonchev–Trinajstić information content (AvgIpc) is 2.53. The van der Waals surface area contributed by atoms with Crippen LogP contribution in [0.4, 0.5) is 10.1 Å². The van der Waals surface area contributed by atoms with Crippen molar-refractivity contribution < 1.29 is 14.0 Å². The van der Waals surface area contributed by atoms with Gasteiger partial charge in [0, 0.05) is 38.1 Å². The summed E-state index contributed by atoms with van der Waals surface area (Å²) < 4.78 is 12.9. The lowest BCUT2D eigenvalue weighted by atomic mass is 10.2. The molecule has 1 heterocycles.